The van der Waals surface area contributed by atoms with Crippen LogP contribution in [-0.2, 0) is 22.3 Å². The highest BCUT2D eigenvalue weighted by molar-refractivity contribution is 5.87. The first-order chi connectivity index (χ1) is 14.7. The Balaban J connectivity index is 1.72. The summed E-state index contributed by atoms with van der Waals surface area (Å²) in [4.78, 5) is 15.7. The van der Waals surface area contributed by atoms with E-state index in [1.165, 1.54) is 19.2 Å². The first-order valence-corrected chi connectivity index (χ1v) is 9.96. The molecule has 1 aliphatic heterocycles. The van der Waals surface area contributed by atoms with E-state index in [1.54, 1.807) is 0 Å². The van der Waals surface area contributed by atoms with Gasteiger partial charge in [-0.25, -0.2) is 0 Å². The Labute approximate surface area is 178 Å². The molecular weight excluding hydrogens is 407 g/mol. The molecule has 0 radical (unpaired) electrons. The average Bonchev–Trinajstić information content (AvgIpc) is 3.03. The monoisotopic (exact) mass is 431 g/mol. The summed E-state index contributed by atoms with van der Waals surface area (Å²) in [6, 6.07) is 11.7. The number of hydrogen-bond acceptors (Lipinski definition) is 4. The van der Waals surface area contributed by atoms with Gasteiger partial charge in [-0.3, -0.25) is 4.79 Å². The summed E-state index contributed by atoms with van der Waals surface area (Å²) in [5.74, 6) is -0.342. The summed E-state index contributed by atoms with van der Waals surface area (Å²) in [5.41, 5.74) is 2.71. The van der Waals surface area contributed by atoms with E-state index in [2.05, 4.69) is 4.90 Å². The maximum atomic E-state index is 13.3. The molecule has 0 amide bonds. The summed E-state index contributed by atoms with van der Waals surface area (Å²) in [6.07, 6.45) is -2.49. The van der Waals surface area contributed by atoms with Crippen molar-refractivity contribution < 1.29 is 22.7 Å². The molecular formula is C23H24F3N3O2. The van der Waals surface area contributed by atoms with E-state index in [-0.39, 0.29) is 11.9 Å². The zero-order chi connectivity index (χ0) is 22.3. The minimum absolute atomic E-state index is 0.131. The number of esters is 1. The van der Waals surface area contributed by atoms with Gasteiger partial charge in [0.2, 0.25) is 0 Å². The highest BCUT2D eigenvalue weighted by Gasteiger charge is 2.34. The van der Waals surface area contributed by atoms with Gasteiger partial charge in [0.1, 0.15) is 0 Å². The third-order valence-electron chi connectivity index (χ3n) is 5.59. The molecule has 1 aliphatic rings. The van der Waals surface area contributed by atoms with Crippen molar-refractivity contribution in [3.63, 3.8) is 0 Å². The molecule has 0 saturated carbocycles. The minimum Gasteiger partial charge on any atom is -0.469 e. The lowest BCUT2D eigenvalue weighted by Crippen LogP contribution is -2.50. The molecule has 0 N–H and O–H groups in total. The fourth-order valence-corrected chi connectivity index (χ4v) is 4.00. The number of aromatic nitrogens is 1. The quantitative estimate of drug-likeness (QED) is 0.564. The number of hydrogen-bond donors (Lipinski definition) is 0. The third kappa shape index (κ3) is 4.12. The van der Waals surface area contributed by atoms with Crippen LogP contribution in [-0.4, -0.2) is 49.7 Å². The molecule has 0 atom stereocenters. The van der Waals surface area contributed by atoms with Gasteiger partial charge < -0.3 is 19.1 Å². The van der Waals surface area contributed by atoms with Crippen LogP contribution in [0.25, 0.3) is 16.6 Å². The molecule has 0 aliphatic carbocycles. The summed E-state index contributed by atoms with van der Waals surface area (Å²) >= 11 is 0. The average molecular weight is 431 g/mol. The van der Waals surface area contributed by atoms with Crippen molar-refractivity contribution >= 4 is 22.6 Å². The third-order valence-corrected chi connectivity index (χ3v) is 5.59. The van der Waals surface area contributed by atoms with E-state index in [4.69, 9.17) is 4.74 Å². The van der Waals surface area contributed by atoms with Gasteiger partial charge in [-0.1, -0.05) is 6.07 Å². The number of methoxy groups -OCH3 is 1. The molecule has 0 spiro atoms. The van der Waals surface area contributed by atoms with Crippen LogP contribution >= 0.6 is 0 Å². The molecule has 1 aromatic heterocycles. The number of rotatable bonds is 5. The van der Waals surface area contributed by atoms with Gasteiger partial charge in [0, 0.05) is 42.6 Å². The van der Waals surface area contributed by atoms with Crippen molar-refractivity contribution in [2.75, 3.05) is 39.2 Å². The number of halogens is 3. The normalized spacial score (nSPS) is 14.9. The van der Waals surface area contributed by atoms with Gasteiger partial charge in [-0.05, 0) is 56.1 Å². The van der Waals surface area contributed by atoms with E-state index in [0.717, 1.165) is 28.5 Å². The molecule has 3 aromatic rings. The van der Waals surface area contributed by atoms with Crippen molar-refractivity contribution in [1.82, 2.24) is 9.47 Å². The van der Waals surface area contributed by atoms with Gasteiger partial charge in [-0.2, -0.15) is 13.2 Å². The van der Waals surface area contributed by atoms with E-state index in [1.807, 2.05) is 54.0 Å². The Morgan fingerprint density at radius 3 is 2.48 bits per heavy atom. The molecule has 2 heterocycles. The van der Waals surface area contributed by atoms with Crippen LogP contribution in [0.4, 0.5) is 18.9 Å². The van der Waals surface area contributed by atoms with E-state index in [9.17, 15) is 18.0 Å². The summed E-state index contributed by atoms with van der Waals surface area (Å²) in [7, 11) is 5.16. The Bertz CT molecular complexity index is 1110. The second-order valence-corrected chi connectivity index (χ2v) is 8.14. The zero-order valence-electron chi connectivity index (χ0n) is 17.6. The van der Waals surface area contributed by atoms with E-state index < -0.39 is 11.7 Å². The molecule has 5 nitrogen and oxygen atoms in total. The highest BCUT2D eigenvalue weighted by atomic mass is 19.4. The molecule has 8 heteroatoms. The van der Waals surface area contributed by atoms with Crippen LogP contribution in [0.2, 0.25) is 0 Å². The molecule has 2 aromatic carbocycles. The Morgan fingerprint density at radius 1 is 1.13 bits per heavy atom. The Kier molecular flexibility index (Phi) is 5.43. The SMILES string of the molecule is COC(=O)C1CN(c2cccc(-n3cc(CN(C)C)c4cc(C(F)(F)F)ccc43)c2)C1. The van der Waals surface area contributed by atoms with Crippen LogP contribution in [0.15, 0.2) is 48.7 Å². The van der Waals surface area contributed by atoms with Crippen LogP contribution in [0.5, 0.6) is 0 Å². The van der Waals surface area contributed by atoms with Crippen LogP contribution in [0.1, 0.15) is 11.1 Å². The van der Waals surface area contributed by atoms with Gasteiger partial charge in [-0.15, -0.1) is 0 Å². The fraction of sp³-hybridized carbons (Fsp3) is 0.348. The standard InChI is InChI=1S/C23H24F3N3O2/c1-27(2)11-15-14-29(21-8-7-17(9-20(15)21)23(24,25)26)19-6-4-5-18(10-19)28-12-16(13-28)22(30)31-3/h4-10,14,16H,11-13H2,1-3H3. The predicted octanol–water partition coefficient (Wildman–Crippen LogP) is 4.32. The highest BCUT2D eigenvalue weighted by Crippen LogP contribution is 2.35. The topological polar surface area (TPSA) is 37.7 Å². The van der Waals surface area contributed by atoms with Gasteiger partial charge in [0.05, 0.1) is 24.1 Å². The van der Waals surface area contributed by atoms with Gasteiger partial charge >= 0.3 is 12.1 Å². The number of benzene rings is 2. The lowest BCUT2D eigenvalue weighted by molar-refractivity contribution is -0.146. The number of anilines is 1. The maximum Gasteiger partial charge on any atom is 0.416 e. The number of nitrogens with zero attached hydrogens (tertiary/aromatic N) is 3. The van der Waals surface area contributed by atoms with E-state index in [0.29, 0.717) is 25.0 Å². The molecule has 164 valence electrons. The van der Waals surface area contributed by atoms with Crippen LogP contribution in [0.3, 0.4) is 0 Å². The zero-order valence-corrected chi connectivity index (χ0v) is 17.6. The van der Waals surface area contributed by atoms with Crippen LogP contribution < -0.4 is 4.90 Å². The van der Waals surface area contributed by atoms with Crippen molar-refractivity contribution in [2.45, 2.75) is 12.7 Å². The Hall–Kier alpha value is -3.00. The first kappa shape index (κ1) is 21.2. The summed E-state index contributed by atoms with van der Waals surface area (Å²) in [6.45, 7) is 1.70. The number of alkyl halides is 3. The molecule has 1 fully saturated rings. The predicted molar refractivity (Wildman–Crippen MR) is 113 cm³/mol. The van der Waals surface area contributed by atoms with Gasteiger partial charge in [0.25, 0.3) is 0 Å². The first-order valence-electron chi connectivity index (χ1n) is 9.96. The molecule has 31 heavy (non-hydrogen) atoms. The molecule has 0 bridgehead atoms. The lowest BCUT2D eigenvalue weighted by atomic mass is 9.99. The molecule has 1 saturated heterocycles. The van der Waals surface area contributed by atoms with Crippen molar-refractivity contribution in [1.29, 1.82) is 0 Å². The van der Waals surface area contributed by atoms with E-state index >= 15 is 0 Å². The fourth-order valence-electron chi connectivity index (χ4n) is 4.00. The van der Waals surface area contributed by atoms with Crippen LogP contribution in [0, 0.1) is 5.92 Å². The second-order valence-electron chi connectivity index (χ2n) is 8.14. The Morgan fingerprint density at radius 2 is 1.84 bits per heavy atom. The van der Waals surface area contributed by atoms with Gasteiger partial charge in [0.15, 0.2) is 0 Å². The maximum absolute atomic E-state index is 13.3. The number of fused-ring (bicyclic) bond motifs is 1. The largest absolute Gasteiger partial charge is 0.469 e. The number of ether oxygens (including phenoxy) is 1. The summed E-state index contributed by atoms with van der Waals surface area (Å²) < 4.78 is 46.6. The molecule has 0 unspecified atom stereocenters. The molecule has 4 rings (SSSR count). The van der Waals surface area contributed by atoms with Crippen molar-refractivity contribution in [2.24, 2.45) is 5.92 Å². The second kappa shape index (κ2) is 7.92. The number of carbonyl (C=O) groups excluding carboxylic acids is 1. The number of carbonyl (C=O) groups is 1. The smallest absolute Gasteiger partial charge is 0.416 e. The lowest BCUT2D eigenvalue weighted by Gasteiger charge is -2.39. The summed E-state index contributed by atoms with van der Waals surface area (Å²) in [5, 5.41) is 0.587. The minimum atomic E-state index is -4.39. The van der Waals surface area contributed by atoms with Crippen molar-refractivity contribution in [3.05, 3.63) is 59.8 Å². The van der Waals surface area contributed by atoms with Crippen molar-refractivity contribution in [3.8, 4) is 5.69 Å².